The number of rotatable bonds is 5. The number of carbonyl (C=O) groups excluding carboxylic acids is 2. The summed E-state index contributed by atoms with van der Waals surface area (Å²) in [5, 5.41) is 9.28. The van der Waals surface area contributed by atoms with Crippen molar-refractivity contribution in [2.45, 2.75) is 20.8 Å². The lowest BCUT2D eigenvalue weighted by Gasteiger charge is -1.98. The van der Waals surface area contributed by atoms with Gasteiger partial charge in [-0.05, 0) is 38.0 Å². The third-order valence-electron chi connectivity index (χ3n) is 3.73. The molecule has 1 N–H and O–H groups in total. The predicted molar refractivity (Wildman–Crippen MR) is 93.8 cm³/mol. The van der Waals surface area contributed by atoms with Crippen molar-refractivity contribution < 1.29 is 9.59 Å². The van der Waals surface area contributed by atoms with Crippen molar-refractivity contribution in [3.05, 3.63) is 76.1 Å². The van der Waals surface area contributed by atoms with Gasteiger partial charge < -0.3 is 4.98 Å². The number of Topliss-reactive ketones (excluding diaryl/α,β-unsaturated/α-hetero) is 2. The smallest absolute Gasteiger partial charge is 0.219 e. The van der Waals surface area contributed by atoms with Crippen molar-refractivity contribution in [3.8, 4) is 6.07 Å². The molecule has 2 rings (SSSR count). The van der Waals surface area contributed by atoms with Gasteiger partial charge in [-0.1, -0.05) is 42.5 Å². The number of hydrogen-bond donors (Lipinski definition) is 1. The van der Waals surface area contributed by atoms with E-state index in [1.54, 1.807) is 19.9 Å². The van der Waals surface area contributed by atoms with Crippen molar-refractivity contribution in [2.24, 2.45) is 0 Å². The van der Waals surface area contributed by atoms with Crippen molar-refractivity contribution in [3.63, 3.8) is 0 Å². The van der Waals surface area contributed by atoms with Crippen LogP contribution in [0.1, 0.15) is 44.6 Å². The maximum Gasteiger partial charge on any atom is 0.219 e. The number of nitrogens with one attached hydrogen (secondary N) is 1. The quantitative estimate of drug-likeness (QED) is 0.389. The van der Waals surface area contributed by atoms with E-state index in [4.69, 9.17) is 0 Å². The van der Waals surface area contributed by atoms with Gasteiger partial charge in [-0.25, -0.2) is 0 Å². The molecule has 1 aromatic carbocycles. The molecule has 0 aliphatic carbocycles. The molecule has 4 nitrogen and oxygen atoms in total. The molecule has 0 saturated carbocycles. The van der Waals surface area contributed by atoms with Crippen LogP contribution in [-0.2, 0) is 0 Å². The van der Waals surface area contributed by atoms with Crippen LogP contribution < -0.4 is 0 Å². The highest BCUT2D eigenvalue weighted by Gasteiger charge is 2.21. The van der Waals surface area contributed by atoms with E-state index in [2.05, 4.69) is 4.98 Å². The van der Waals surface area contributed by atoms with Crippen LogP contribution in [0.5, 0.6) is 0 Å². The van der Waals surface area contributed by atoms with Crippen LogP contribution in [0.4, 0.5) is 0 Å². The fraction of sp³-hybridized carbons (Fsp3) is 0.150. The van der Waals surface area contributed by atoms with E-state index in [1.807, 2.05) is 42.5 Å². The van der Waals surface area contributed by atoms with Crippen LogP contribution in [-0.4, -0.2) is 16.6 Å². The molecule has 2 aromatic rings. The van der Waals surface area contributed by atoms with Gasteiger partial charge >= 0.3 is 0 Å². The average Bonchev–Trinajstić information content (AvgIpc) is 2.86. The molecule has 0 unspecified atom stereocenters. The lowest BCUT2D eigenvalue weighted by Crippen LogP contribution is -2.05. The molecule has 0 bridgehead atoms. The number of carbonyl (C=O) groups is 2. The Morgan fingerprint density at radius 2 is 1.83 bits per heavy atom. The summed E-state index contributed by atoms with van der Waals surface area (Å²) in [6, 6.07) is 11.5. The Hall–Kier alpha value is -3.19. The van der Waals surface area contributed by atoms with Gasteiger partial charge in [0.2, 0.25) is 5.78 Å². The van der Waals surface area contributed by atoms with Crippen LogP contribution in [0.2, 0.25) is 0 Å². The SMILES string of the molecule is CC(=O)c1c(C)[nH]c(C(=O)/C(C#N)=C\C=C\c2ccccc2)c1C. The Balaban J connectivity index is 2.32. The number of aryl methyl sites for hydroxylation is 1. The van der Waals surface area contributed by atoms with Crippen molar-refractivity contribution >= 4 is 17.6 Å². The van der Waals surface area contributed by atoms with E-state index in [0.717, 1.165) is 5.56 Å². The van der Waals surface area contributed by atoms with Crippen LogP contribution in [0.15, 0.2) is 48.1 Å². The summed E-state index contributed by atoms with van der Waals surface area (Å²) in [5.41, 5.74) is 3.01. The van der Waals surface area contributed by atoms with E-state index >= 15 is 0 Å². The molecule has 1 heterocycles. The number of H-pyrrole nitrogens is 1. The molecule has 24 heavy (non-hydrogen) atoms. The first-order chi connectivity index (χ1) is 11.5. The predicted octanol–water partition coefficient (Wildman–Crippen LogP) is 4.18. The summed E-state index contributed by atoms with van der Waals surface area (Å²) in [6.45, 7) is 4.91. The van der Waals surface area contributed by atoms with Crippen LogP contribution in [0.3, 0.4) is 0 Å². The zero-order chi connectivity index (χ0) is 17.7. The van der Waals surface area contributed by atoms with Gasteiger partial charge in [-0.3, -0.25) is 9.59 Å². The van der Waals surface area contributed by atoms with Crippen molar-refractivity contribution in [1.29, 1.82) is 5.26 Å². The zero-order valence-electron chi connectivity index (χ0n) is 13.9. The number of benzene rings is 1. The Morgan fingerprint density at radius 1 is 1.17 bits per heavy atom. The van der Waals surface area contributed by atoms with Gasteiger partial charge in [0.05, 0.1) is 5.69 Å². The third kappa shape index (κ3) is 3.58. The van der Waals surface area contributed by atoms with Gasteiger partial charge in [0, 0.05) is 11.3 Å². The van der Waals surface area contributed by atoms with E-state index < -0.39 is 5.78 Å². The minimum atomic E-state index is -0.414. The van der Waals surface area contributed by atoms with Crippen LogP contribution >= 0.6 is 0 Å². The summed E-state index contributed by atoms with van der Waals surface area (Å²) in [4.78, 5) is 27.2. The Labute approximate surface area is 141 Å². The second-order valence-corrected chi connectivity index (χ2v) is 5.47. The van der Waals surface area contributed by atoms with E-state index in [0.29, 0.717) is 22.5 Å². The molecule has 0 radical (unpaired) electrons. The van der Waals surface area contributed by atoms with Crippen molar-refractivity contribution in [1.82, 2.24) is 4.98 Å². The highest BCUT2D eigenvalue weighted by molar-refractivity contribution is 6.13. The molecule has 120 valence electrons. The molecule has 0 aliphatic rings. The largest absolute Gasteiger partial charge is 0.355 e. The fourth-order valence-electron chi connectivity index (χ4n) is 2.62. The molecular formula is C20H18N2O2. The first kappa shape index (κ1) is 17.2. The van der Waals surface area contributed by atoms with Gasteiger partial charge in [0.25, 0.3) is 0 Å². The molecule has 4 heteroatoms. The summed E-state index contributed by atoms with van der Waals surface area (Å²) < 4.78 is 0. The molecule has 0 aliphatic heterocycles. The molecular weight excluding hydrogens is 300 g/mol. The monoisotopic (exact) mass is 318 g/mol. The number of aromatic amines is 1. The number of nitriles is 1. The van der Waals surface area contributed by atoms with Crippen LogP contribution in [0, 0.1) is 25.2 Å². The van der Waals surface area contributed by atoms with Gasteiger partial charge in [0.1, 0.15) is 11.6 Å². The summed E-state index contributed by atoms with van der Waals surface area (Å²) in [7, 11) is 0. The zero-order valence-corrected chi connectivity index (χ0v) is 13.9. The lowest BCUT2D eigenvalue weighted by molar-refractivity contribution is 0.101. The van der Waals surface area contributed by atoms with Gasteiger partial charge in [0.15, 0.2) is 5.78 Å². The van der Waals surface area contributed by atoms with Gasteiger partial charge in [-0.2, -0.15) is 5.26 Å². The maximum absolute atomic E-state index is 12.6. The molecule has 0 saturated heterocycles. The Bertz CT molecular complexity index is 878. The highest BCUT2D eigenvalue weighted by atomic mass is 16.1. The van der Waals surface area contributed by atoms with Gasteiger partial charge in [-0.15, -0.1) is 0 Å². The van der Waals surface area contributed by atoms with Crippen molar-refractivity contribution in [2.75, 3.05) is 0 Å². The highest BCUT2D eigenvalue weighted by Crippen LogP contribution is 2.21. The number of aromatic nitrogens is 1. The maximum atomic E-state index is 12.6. The first-order valence-corrected chi connectivity index (χ1v) is 7.54. The van der Waals surface area contributed by atoms with Crippen LogP contribution in [0.25, 0.3) is 6.08 Å². The van der Waals surface area contributed by atoms with E-state index in [1.165, 1.54) is 13.0 Å². The van der Waals surface area contributed by atoms with E-state index in [9.17, 15) is 14.9 Å². The molecule has 0 fully saturated rings. The number of ketones is 2. The minimum Gasteiger partial charge on any atom is -0.355 e. The Morgan fingerprint density at radius 3 is 2.38 bits per heavy atom. The molecule has 0 amide bonds. The standard InChI is InChI=1S/C20H18N2O2/c1-13-18(15(3)23)14(2)22-19(13)20(24)17(12-21)11-7-10-16-8-5-4-6-9-16/h4-11,22H,1-3H3/b10-7+,17-11-. The number of hydrogen-bond acceptors (Lipinski definition) is 3. The number of allylic oxidation sites excluding steroid dienone is 3. The normalized spacial score (nSPS) is 11.5. The molecule has 1 aromatic heterocycles. The second kappa shape index (κ2) is 7.38. The lowest BCUT2D eigenvalue weighted by atomic mass is 10.0. The fourth-order valence-corrected chi connectivity index (χ4v) is 2.62. The first-order valence-electron chi connectivity index (χ1n) is 7.54. The molecule has 0 spiro atoms. The molecule has 0 atom stereocenters. The second-order valence-electron chi connectivity index (χ2n) is 5.47. The topological polar surface area (TPSA) is 73.7 Å². The summed E-state index contributed by atoms with van der Waals surface area (Å²) in [6.07, 6.45) is 4.97. The average molecular weight is 318 g/mol. The minimum absolute atomic E-state index is 0.0154. The summed E-state index contributed by atoms with van der Waals surface area (Å²) in [5.74, 6) is -0.518. The Kier molecular flexibility index (Phi) is 5.28. The number of nitrogens with zero attached hydrogens (tertiary/aromatic N) is 1. The third-order valence-corrected chi connectivity index (χ3v) is 3.73. The van der Waals surface area contributed by atoms with E-state index in [-0.39, 0.29) is 11.4 Å². The summed E-state index contributed by atoms with van der Waals surface area (Å²) >= 11 is 0.